The topological polar surface area (TPSA) is 73.8 Å². The quantitative estimate of drug-likeness (QED) is 0.0638. The predicted molar refractivity (Wildman–Crippen MR) is 242 cm³/mol. The van der Waals surface area contributed by atoms with Crippen LogP contribution < -0.4 is 4.74 Å². The first-order valence-corrected chi connectivity index (χ1v) is 24.6. The summed E-state index contributed by atoms with van der Waals surface area (Å²) in [5.74, 6) is -0.132. The third kappa shape index (κ3) is 10.6. The molecule has 0 aromatic heterocycles. The van der Waals surface area contributed by atoms with Gasteiger partial charge in [0.2, 0.25) is 0 Å². The van der Waals surface area contributed by atoms with Crippen molar-refractivity contribution in [3.05, 3.63) is 173 Å². The van der Waals surface area contributed by atoms with Gasteiger partial charge in [0.1, 0.15) is 41.9 Å². The molecular formula is C52H64O8Si. The Morgan fingerprint density at radius 2 is 1.08 bits per heavy atom. The van der Waals surface area contributed by atoms with E-state index < -0.39 is 50.2 Å². The molecule has 0 radical (unpaired) electrons. The fraction of sp³-hybridized carbons (Fsp3) is 0.423. The maximum atomic E-state index is 7.37. The maximum Gasteiger partial charge on any atom is 0.191 e. The van der Waals surface area contributed by atoms with E-state index in [0.29, 0.717) is 26.2 Å². The van der Waals surface area contributed by atoms with E-state index in [2.05, 4.69) is 119 Å². The van der Waals surface area contributed by atoms with Gasteiger partial charge in [0.25, 0.3) is 0 Å². The molecule has 0 amide bonds. The molecule has 61 heavy (non-hydrogen) atoms. The van der Waals surface area contributed by atoms with Crippen molar-refractivity contribution < 1.29 is 37.6 Å². The summed E-state index contributed by atoms with van der Waals surface area (Å²) in [5, 5.41) is 0.0694. The van der Waals surface area contributed by atoms with Crippen LogP contribution in [0.5, 0.6) is 5.75 Å². The number of methoxy groups -OCH3 is 1. The van der Waals surface area contributed by atoms with Crippen molar-refractivity contribution in [2.45, 2.75) is 120 Å². The molecule has 0 saturated carbocycles. The SMILES string of the molecule is COc1ccc(CO[C@H]2[C@H](OCc3ccccc3)[C@H]([C@H]3OC(C)(C)O[C@H]3COC(c3ccccc3)(c3ccccc3)c3ccccc3)O[C@@H]2CCO[Si](C)(C)C(C)(C)C)cc1. The van der Waals surface area contributed by atoms with Gasteiger partial charge in [-0.15, -0.1) is 0 Å². The molecular weight excluding hydrogens is 781 g/mol. The molecule has 0 unspecified atom stereocenters. The Morgan fingerprint density at radius 3 is 1.59 bits per heavy atom. The maximum absolute atomic E-state index is 7.37. The van der Waals surface area contributed by atoms with Crippen molar-refractivity contribution in [2.24, 2.45) is 0 Å². The summed E-state index contributed by atoms with van der Waals surface area (Å²) in [6.07, 6.45) is -2.32. The molecule has 2 aliphatic rings. The zero-order valence-electron chi connectivity index (χ0n) is 37.1. The number of benzene rings is 5. The van der Waals surface area contributed by atoms with Crippen LogP contribution in [0.1, 0.15) is 68.9 Å². The molecule has 9 heteroatoms. The van der Waals surface area contributed by atoms with Crippen molar-refractivity contribution >= 4 is 8.32 Å². The molecule has 6 atom stereocenters. The molecule has 2 aliphatic heterocycles. The van der Waals surface area contributed by atoms with Gasteiger partial charge in [-0.05, 0) is 78.4 Å². The van der Waals surface area contributed by atoms with Crippen LogP contribution in [-0.4, -0.2) is 71.1 Å². The standard InChI is InChI=1S/C52H64O8Si/c1-50(2,3)61(7,8)57-34-33-44-46(54-36-39-29-31-43(53-6)32-30-39)48(55-35-38-21-13-9-14-22-38)49(58-44)47-45(59-51(4,5)60-47)37-56-52(40-23-15-10-16-24-40,41-25-17-11-18-26-41)42-27-19-12-20-28-42/h9-32,44-49H,33-37H2,1-8H3/t44-,45+,46-,47+,48+,49+/m1/s1. The van der Waals surface area contributed by atoms with Gasteiger partial charge in [-0.25, -0.2) is 0 Å². The Kier molecular flexibility index (Phi) is 14.3. The molecule has 324 valence electrons. The lowest BCUT2D eigenvalue weighted by atomic mass is 9.80. The van der Waals surface area contributed by atoms with Crippen LogP contribution in [0, 0.1) is 0 Å². The van der Waals surface area contributed by atoms with Gasteiger partial charge in [0.15, 0.2) is 14.1 Å². The Morgan fingerprint density at radius 1 is 0.590 bits per heavy atom. The highest BCUT2D eigenvalue weighted by molar-refractivity contribution is 6.74. The Balaban J connectivity index is 1.24. The molecule has 0 N–H and O–H groups in total. The minimum atomic E-state index is -2.04. The van der Waals surface area contributed by atoms with Gasteiger partial charge in [-0.3, -0.25) is 0 Å². The lowest BCUT2D eigenvalue weighted by molar-refractivity contribution is -0.169. The van der Waals surface area contributed by atoms with Crippen LogP contribution in [-0.2, 0) is 51.7 Å². The average Bonchev–Trinajstić information content (AvgIpc) is 3.78. The summed E-state index contributed by atoms with van der Waals surface area (Å²) in [4.78, 5) is 0. The summed E-state index contributed by atoms with van der Waals surface area (Å²) in [6, 6.07) is 49.4. The molecule has 2 saturated heterocycles. The van der Waals surface area contributed by atoms with Gasteiger partial charge < -0.3 is 37.6 Å². The Bertz CT molecular complexity index is 1980. The van der Waals surface area contributed by atoms with Gasteiger partial charge in [0.05, 0.1) is 33.0 Å². The van der Waals surface area contributed by atoms with Crippen LogP contribution in [0.3, 0.4) is 0 Å². The third-order valence-corrected chi connectivity index (χ3v) is 17.0. The molecule has 0 aliphatic carbocycles. The van der Waals surface area contributed by atoms with Gasteiger partial charge in [-0.2, -0.15) is 0 Å². The van der Waals surface area contributed by atoms with Crippen LogP contribution in [0.25, 0.3) is 0 Å². The molecule has 0 spiro atoms. The summed E-state index contributed by atoms with van der Waals surface area (Å²) in [7, 11) is -0.369. The van der Waals surface area contributed by atoms with Crippen LogP contribution >= 0.6 is 0 Å². The smallest absolute Gasteiger partial charge is 0.191 e. The van der Waals surface area contributed by atoms with Crippen molar-refractivity contribution in [3.63, 3.8) is 0 Å². The monoisotopic (exact) mass is 844 g/mol. The average molecular weight is 845 g/mol. The second kappa shape index (κ2) is 19.5. The van der Waals surface area contributed by atoms with Crippen LogP contribution in [0.2, 0.25) is 18.1 Å². The van der Waals surface area contributed by atoms with Crippen molar-refractivity contribution in [1.82, 2.24) is 0 Å². The molecule has 0 bridgehead atoms. The molecule has 5 aromatic rings. The number of hydrogen-bond donors (Lipinski definition) is 0. The highest BCUT2D eigenvalue weighted by atomic mass is 28.4. The third-order valence-electron chi connectivity index (χ3n) is 12.5. The van der Waals surface area contributed by atoms with E-state index in [0.717, 1.165) is 33.6 Å². The van der Waals surface area contributed by atoms with Crippen molar-refractivity contribution in [1.29, 1.82) is 0 Å². The van der Waals surface area contributed by atoms with E-state index in [9.17, 15) is 0 Å². The normalized spacial score (nSPS) is 23.0. The molecule has 8 nitrogen and oxygen atoms in total. The van der Waals surface area contributed by atoms with Gasteiger partial charge in [-0.1, -0.05) is 154 Å². The van der Waals surface area contributed by atoms with Gasteiger partial charge >= 0.3 is 0 Å². The summed E-state index contributed by atoms with van der Waals surface area (Å²) in [5.41, 5.74) is 4.17. The largest absolute Gasteiger partial charge is 0.497 e. The zero-order chi connectivity index (χ0) is 43.1. The molecule has 2 fully saturated rings. The molecule has 5 aromatic carbocycles. The number of ether oxygens (including phenoxy) is 7. The lowest BCUT2D eigenvalue weighted by Gasteiger charge is -2.37. The lowest BCUT2D eigenvalue weighted by Crippen LogP contribution is -2.48. The van der Waals surface area contributed by atoms with E-state index >= 15 is 0 Å². The zero-order valence-corrected chi connectivity index (χ0v) is 38.1. The van der Waals surface area contributed by atoms with E-state index in [4.69, 9.17) is 37.6 Å². The fourth-order valence-electron chi connectivity index (χ4n) is 8.22. The minimum Gasteiger partial charge on any atom is -0.497 e. The first-order chi connectivity index (χ1) is 29.3. The van der Waals surface area contributed by atoms with E-state index in [-0.39, 0.29) is 17.7 Å². The van der Waals surface area contributed by atoms with Crippen LogP contribution in [0.15, 0.2) is 146 Å². The first kappa shape index (κ1) is 44.9. The van der Waals surface area contributed by atoms with E-state index in [1.165, 1.54) is 0 Å². The van der Waals surface area contributed by atoms with Crippen molar-refractivity contribution in [3.8, 4) is 5.75 Å². The van der Waals surface area contributed by atoms with Crippen molar-refractivity contribution in [2.75, 3.05) is 20.3 Å². The predicted octanol–water partition coefficient (Wildman–Crippen LogP) is 10.9. The Hall–Kier alpha value is -4.16. The highest BCUT2D eigenvalue weighted by Crippen LogP contribution is 2.44. The fourth-order valence-corrected chi connectivity index (χ4v) is 9.28. The first-order valence-electron chi connectivity index (χ1n) is 21.7. The molecule has 7 rings (SSSR count). The van der Waals surface area contributed by atoms with Crippen LogP contribution in [0.4, 0.5) is 0 Å². The summed E-state index contributed by atoms with van der Waals surface area (Å²) < 4.78 is 54.4. The summed E-state index contributed by atoms with van der Waals surface area (Å²) >= 11 is 0. The number of rotatable bonds is 18. The van der Waals surface area contributed by atoms with Gasteiger partial charge in [0, 0.05) is 6.61 Å². The highest BCUT2D eigenvalue weighted by Gasteiger charge is 2.56. The summed E-state index contributed by atoms with van der Waals surface area (Å²) in [6.45, 7) is 16.7. The minimum absolute atomic E-state index is 0.0694. The second-order valence-corrected chi connectivity index (χ2v) is 23.0. The van der Waals surface area contributed by atoms with E-state index in [1.54, 1.807) is 7.11 Å². The molecule has 2 heterocycles. The Labute approximate surface area is 364 Å². The second-order valence-electron chi connectivity index (χ2n) is 18.2. The van der Waals surface area contributed by atoms with E-state index in [1.807, 2.05) is 74.5 Å². The number of hydrogen-bond acceptors (Lipinski definition) is 8.